The van der Waals surface area contributed by atoms with Crippen molar-refractivity contribution in [2.75, 3.05) is 5.32 Å². The first-order valence-electron chi connectivity index (χ1n) is 10.6. The van der Waals surface area contributed by atoms with Crippen LogP contribution in [-0.2, 0) is 12.6 Å². The lowest BCUT2D eigenvalue weighted by molar-refractivity contribution is -0.137. The van der Waals surface area contributed by atoms with Crippen LogP contribution >= 0.6 is 11.8 Å². The number of fused-ring (bicyclic) bond motifs is 2. The zero-order valence-corrected chi connectivity index (χ0v) is 18.6. The van der Waals surface area contributed by atoms with Gasteiger partial charge in [-0.05, 0) is 31.4 Å². The molecule has 34 heavy (non-hydrogen) atoms. The minimum Gasteiger partial charge on any atom is -0.323 e. The minimum absolute atomic E-state index is 0.00915. The topological polar surface area (TPSA) is 66.5 Å². The van der Waals surface area contributed by atoms with Gasteiger partial charge in [-0.2, -0.15) is 18.3 Å². The van der Waals surface area contributed by atoms with Crippen LogP contribution < -0.4 is 5.32 Å². The summed E-state index contributed by atoms with van der Waals surface area (Å²) in [5.41, 5.74) is -0.252. The van der Waals surface area contributed by atoms with Crippen molar-refractivity contribution in [1.29, 1.82) is 0 Å². The van der Waals surface area contributed by atoms with Crippen molar-refractivity contribution < 1.29 is 22.0 Å². The van der Waals surface area contributed by atoms with Gasteiger partial charge in [0.15, 0.2) is 17.5 Å². The van der Waals surface area contributed by atoms with Crippen molar-refractivity contribution >= 4 is 34.3 Å². The number of anilines is 2. The largest absolute Gasteiger partial charge is 0.417 e. The van der Waals surface area contributed by atoms with Crippen molar-refractivity contribution in [3.05, 3.63) is 59.2 Å². The molecular weight excluding hydrogens is 473 g/mol. The summed E-state index contributed by atoms with van der Waals surface area (Å²) in [6.45, 7) is 2.04. The lowest BCUT2D eigenvalue weighted by Crippen LogP contribution is -2.15. The van der Waals surface area contributed by atoms with Gasteiger partial charge >= 0.3 is 6.18 Å². The van der Waals surface area contributed by atoms with Crippen LogP contribution in [0.25, 0.3) is 22.3 Å². The van der Waals surface area contributed by atoms with E-state index in [0.717, 1.165) is 36.6 Å². The highest BCUT2D eigenvalue weighted by atomic mass is 32.2. The van der Waals surface area contributed by atoms with E-state index in [9.17, 15) is 22.0 Å². The number of nitrogens with one attached hydrogen (secondary N) is 2. The number of hydrogen-bond donors (Lipinski definition) is 2. The Hall–Kier alpha value is -3.21. The third-order valence-electron chi connectivity index (χ3n) is 5.72. The summed E-state index contributed by atoms with van der Waals surface area (Å²) >= 11 is 1.49. The Bertz CT molecular complexity index is 1380. The molecule has 0 amide bonds. The van der Waals surface area contributed by atoms with Crippen molar-refractivity contribution in [2.45, 2.75) is 42.6 Å². The Morgan fingerprint density at radius 3 is 2.68 bits per heavy atom. The Morgan fingerprint density at radius 1 is 1.12 bits per heavy atom. The number of rotatable bonds is 4. The second kappa shape index (κ2) is 8.53. The number of benzene rings is 2. The van der Waals surface area contributed by atoms with Gasteiger partial charge in [0.25, 0.3) is 0 Å². The zero-order chi connectivity index (χ0) is 24.0. The molecule has 2 N–H and O–H groups in total. The van der Waals surface area contributed by atoms with Gasteiger partial charge in [-0.25, -0.2) is 18.7 Å². The van der Waals surface area contributed by atoms with Crippen molar-refractivity contribution in [3.63, 3.8) is 0 Å². The number of halogens is 5. The Balaban J connectivity index is 1.67. The number of hydrogen-bond acceptors (Lipinski definition) is 5. The molecule has 0 radical (unpaired) electrons. The van der Waals surface area contributed by atoms with Crippen LogP contribution in [0.5, 0.6) is 0 Å². The molecule has 0 fully saturated rings. The second-order valence-corrected chi connectivity index (χ2v) is 9.21. The fourth-order valence-corrected chi connectivity index (χ4v) is 5.20. The fraction of sp³-hybridized carbons (Fsp3) is 0.261. The van der Waals surface area contributed by atoms with Gasteiger partial charge in [0.2, 0.25) is 0 Å². The standard InChI is InChI=1S/C23H18F5N5S/c1-2-12-7-8-14-20(30-21-15-9-11(24)10-17(25)18(15)32-33-21)29-19(31-22(14)34-12)13-5-3-4-6-16(13)23(26,27)28/h3-6,9-10,12H,2,7-8H2,1H3,(H2,29,30,31,32,33)/t12-/m0/s1. The predicted molar refractivity (Wildman–Crippen MR) is 120 cm³/mol. The average Bonchev–Trinajstić information content (AvgIpc) is 3.20. The SMILES string of the molecule is CC[C@H]1CCc2c(Nc3n[nH]c4c(F)cc(F)cc34)nc(-c3ccccc3C(F)(F)F)nc2S1. The maximum atomic E-state index is 14.1. The van der Waals surface area contributed by atoms with Crippen LogP contribution in [0.4, 0.5) is 33.6 Å². The molecule has 4 aromatic rings. The van der Waals surface area contributed by atoms with E-state index in [0.29, 0.717) is 11.4 Å². The summed E-state index contributed by atoms with van der Waals surface area (Å²) < 4.78 is 69.0. The quantitative estimate of drug-likeness (QED) is 0.241. The van der Waals surface area contributed by atoms with E-state index in [-0.39, 0.29) is 39.2 Å². The van der Waals surface area contributed by atoms with Gasteiger partial charge in [0.05, 0.1) is 10.9 Å². The molecule has 2 aromatic carbocycles. The van der Waals surface area contributed by atoms with E-state index < -0.39 is 23.4 Å². The molecule has 3 heterocycles. The van der Waals surface area contributed by atoms with E-state index in [4.69, 9.17) is 0 Å². The van der Waals surface area contributed by atoms with Crippen molar-refractivity contribution in [2.24, 2.45) is 0 Å². The average molecular weight is 491 g/mol. The number of H-pyrrole nitrogens is 1. The molecule has 0 aliphatic carbocycles. The molecule has 5 rings (SSSR count). The molecule has 176 valence electrons. The summed E-state index contributed by atoms with van der Waals surface area (Å²) in [7, 11) is 0. The summed E-state index contributed by atoms with van der Waals surface area (Å²) in [6.07, 6.45) is -2.26. The molecule has 11 heteroatoms. The summed E-state index contributed by atoms with van der Waals surface area (Å²) in [6, 6.07) is 6.98. The lowest BCUT2D eigenvalue weighted by Gasteiger charge is -2.25. The van der Waals surface area contributed by atoms with Crippen LogP contribution in [0.2, 0.25) is 0 Å². The fourth-order valence-electron chi connectivity index (χ4n) is 4.00. The van der Waals surface area contributed by atoms with Crippen molar-refractivity contribution in [1.82, 2.24) is 20.2 Å². The van der Waals surface area contributed by atoms with E-state index in [1.54, 1.807) is 0 Å². The van der Waals surface area contributed by atoms with Crippen molar-refractivity contribution in [3.8, 4) is 11.4 Å². The van der Waals surface area contributed by atoms with E-state index in [1.165, 1.54) is 30.0 Å². The number of thioether (sulfide) groups is 1. The highest BCUT2D eigenvalue weighted by Gasteiger charge is 2.35. The number of aromatic nitrogens is 4. The van der Waals surface area contributed by atoms with Gasteiger partial charge in [0.1, 0.15) is 22.2 Å². The van der Waals surface area contributed by atoms with Crippen LogP contribution in [0.15, 0.2) is 41.4 Å². The molecule has 0 saturated carbocycles. The Morgan fingerprint density at radius 2 is 1.91 bits per heavy atom. The second-order valence-electron chi connectivity index (χ2n) is 7.92. The van der Waals surface area contributed by atoms with Crippen LogP contribution in [0, 0.1) is 11.6 Å². The third kappa shape index (κ3) is 4.08. The maximum Gasteiger partial charge on any atom is 0.417 e. The van der Waals surface area contributed by atoms with Crippen LogP contribution in [0.3, 0.4) is 0 Å². The van der Waals surface area contributed by atoms with Gasteiger partial charge < -0.3 is 5.32 Å². The molecule has 1 atom stereocenters. The lowest BCUT2D eigenvalue weighted by atomic mass is 10.1. The van der Waals surface area contributed by atoms with E-state index in [2.05, 4.69) is 25.5 Å². The third-order valence-corrected chi connectivity index (χ3v) is 7.18. The molecule has 5 nitrogen and oxygen atoms in total. The van der Waals surface area contributed by atoms with Gasteiger partial charge in [0, 0.05) is 22.4 Å². The zero-order valence-electron chi connectivity index (χ0n) is 17.8. The van der Waals surface area contributed by atoms with Gasteiger partial charge in [-0.3, -0.25) is 5.10 Å². The smallest absolute Gasteiger partial charge is 0.323 e. The summed E-state index contributed by atoms with van der Waals surface area (Å²) in [4.78, 5) is 8.93. The molecule has 0 unspecified atom stereocenters. The first-order valence-corrected chi connectivity index (χ1v) is 11.5. The number of aromatic amines is 1. The molecule has 1 aliphatic heterocycles. The molecule has 2 aromatic heterocycles. The summed E-state index contributed by atoms with van der Waals surface area (Å²) in [5, 5.41) is 10.6. The first-order chi connectivity index (χ1) is 16.2. The van der Waals surface area contributed by atoms with E-state index >= 15 is 0 Å². The van der Waals surface area contributed by atoms with Gasteiger partial charge in [-0.1, -0.05) is 25.1 Å². The molecule has 1 aliphatic rings. The highest BCUT2D eigenvalue weighted by Crippen LogP contribution is 2.42. The van der Waals surface area contributed by atoms with Gasteiger partial charge in [-0.15, -0.1) is 11.8 Å². The van der Waals surface area contributed by atoms with Crippen LogP contribution in [0.1, 0.15) is 30.9 Å². The first kappa shape index (κ1) is 22.6. The summed E-state index contributed by atoms with van der Waals surface area (Å²) in [5.74, 6) is -1.29. The van der Waals surface area contributed by atoms with E-state index in [1.807, 2.05) is 6.92 Å². The Labute approximate surface area is 195 Å². The van der Waals surface area contributed by atoms with Crippen LogP contribution in [-0.4, -0.2) is 25.4 Å². The monoisotopic (exact) mass is 491 g/mol. The molecule has 0 bridgehead atoms. The molecule has 0 saturated heterocycles. The Kier molecular flexibility index (Phi) is 5.67. The maximum absolute atomic E-state index is 14.1. The number of nitrogens with zero attached hydrogens (tertiary/aromatic N) is 3. The molecule has 0 spiro atoms. The molecular formula is C23H18F5N5S. The minimum atomic E-state index is -4.59. The number of alkyl halides is 3. The highest BCUT2D eigenvalue weighted by molar-refractivity contribution is 8.00. The predicted octanol–water partition coefficient (Wildman–Crippen LogP) is 6.88. The normalized spacial score (nSPS) is 16.0.